The number of pyridine rings is 1. The van der Waals surface area contributed by atoms with Gasteiger partial charge in [0.1, 0.15) is 11.5 Å². The van der Waals surface area contributed by atoms with Crippen molar-refractivity contribution in [3.63, 3.8) is 0 Å². The molecule has 19 heavy (non-hydrogen) atoms. The predicted molar refractivity (Wildman–Crippen MR) is 73.5 cm³/mol. The topological polar surface area (TPSA) is 55.5 Å². The Labute approximate surface area is 110 Å². The highest BCUT2D eigenvalue weighted by Gasteiger charge is 2.13. The predicted octanol–water partition coefficient (Wildman–Crippen LogP) is 2.91. The van der Waals surface area contributed by atoms with Crippen LogP contribution in [0.3, 0.4) is 0 Å². The molecule has 0 bridgehead atoms. The molecule has 4 heteroatoms. The molecule has 2 aromatic heterocycles. The van der Waals surface area contributed by atoms with Gasteiger partial charge in [-0.3, -0.25) is 0 Å². The van der Waals surface area contributed by atoms with Crippen molar-refractivity contribution >= 4 is 22.0 Å². The largest absolute Gasteiger partial charge is 0.495 e. The maximum absolute atomic E-state index is 8.88. The quantitative estimate of drug-likeness (QED) is 0.780. The molecule has 3 aromatic rings. The first-order valence-corrected chi connectivity index (χ1v) is 6.29. The van der Waals surface area contributed by atoms with Gasteiger partial charge in [0, 0.05) is 18.4 Å². The Morgan fingerprint density at radius 3 is 2.89 bits per heavy atom. The number of fused-ring (bicyclic) bond motifs is 2. The number of benzene rings is 1. The van der Waals surface area contributed by atoms with Gasteiger partial charge in [-0.2, -0.15) is 0 Å². The van der Waals surface area contributed by atoms with Gasteiger partial charge >= 0.3 is 0 Å². The fraction of sp³-hybridized carbons (Fsp3) is 0.267. The van der Waals surface area contributed by atoms with Crippen molar-refractivity contribution in [2.24, 2.45) is 0 Å². The third-order valence-corrected chi connectivity index (χ3v) is 3.16. The zero-order valence-corrected chi connectivity index (χ0v) is 10.7. The number of hydrogen-bond acceptors (Lipinski definition) is 4. The number of ether oxygens (including phenoxy) is 1. The van der Waals surface area contributed by atoms with E-state index < -0.39 is 0 Å². The molecule has 0 saturated heterocycles. The Balaban J connectivity index is 2.22. The maximum Gasteiger partial charge on any atom is 0.230 e. The number of methoxy groups -OCH3 is 1. The molecule has 0 saturated carbocycles. The Morgan fingerprint density at radius 2 is 2.11 bits per heavy atom. The molecule has 0 fully saturated rings. The van der Waals surface area contributed by atoms with Crippen molar-refractivity contribution in [2.75, 3.05) is 13.7 Å². The summed E-state index contributed by atoms with van der Waals surface area (Å²) in [6, 6.07) is 9.78. The minimum Gasteiger partial charge on any atom is -0.495 e. The van der Waals surface area contributed by atoms with Gasteiger partial charge in [0.15, 0.2) is 0 Å². The van der Waals surface area contributed by atoms with Crippen molar-refractivity contribution in [2.45, 2.75) is 12.8 Å². The zero-order valence-electron chi connectivity index (χ0n) is 10.7. The summed E-state index contributed by atoms with van der Waals surface area (Å²) in [4.78, 5) is 4.51. The van der Waals surface area contributed by atoms with Crippen molar-refractivity contribution in [3.8, 4) is 5.75 Å². The molecule has 0 unspecified atom stereocenters. The Morgan fingerprint density at radius 1 is 1.26 bits per heavy atom. The van der Waals surface area contributed by atoms with Crippen LogP contribution < -0.4 is 4.74 Å². The van der Waals surface area contributed by atoms with Gasteiger partial charge < -0.3 is 14.3 Å². The van der Waals surface area contributed by atoms with E-state index in [0.717, 1.165) is 27.8 Å². The van der Waals surface area contributed by atoms with Crippen LogP contribution in [0.4, 0.5) is 0 Å². The second-order valence-corrected chi connectivity index (χ2v) is 4.42. The van der Waals surface area contributed by atoms with Crippen LogP contribution in [-0.2, 0) is 6.42 Å². The van der Waals surface area contributed by atoms with E-state index in [4.69, 9.17) is 14.3 Å². The standard InChI is InChI=1S/C15H15NO3/c1-18-14-11-6-2-3-7-13(11)16-15-12(14)9-10(19-15)5-4-8-17/h2-3,6-7,9,17H,4-5,8H2,1H3. The van der Waals surface area contributed by atoms with E-state index in [1.54, 1.807) is 7.11 Å². The van der Waals surface area contributed by atoms with Crippen LogP contribution in [0.1, 0.15) is 12.2 Å². The van der Waals surface area contributed by atoms with Crippen LogP contribution in [0.2, 0.25) is 0 Å². The number of hydrogen-bond donors (Lipinski definition) is 1. The van der Waals surface area contributed by atoms with E-state index in [1.165, 1.54) is 0 Å². The van der Waals surface area contributed by atoms with E-state index in [-0.39, 0.29) is 6.61 Å². The van der Waals surface area contributed by atoms with E-state index >= 15 is 0 Å². The Bertz CT molecular complexity index is 718. The summed E-state index contributed by atoms with van der Waals surface area (Å²) in [5.41, 5.74) is 1.44. The molecule has 0 atom stereocenters. The summed E-state index contributed by atoms with van der Waals surface area (Å²) < 4.78 is 11.2. The molecular formula is C15H15NO3. The summed E-state index contributed by atoms with van der Waals surface area (Å²) >= 11 is 0. The highest BCUT2D eigenvalue weighted by molar-refractivity contribution is 5.99. The van der Waals surface area contributed by atoms with Crippen molar-refractivity contribution in [1.82, 2.24) is 4.98 Å². The zero-order chi connectivity index (χ0) is 13.2. The number of rotatable bonds is 4. The number of aliphatic hydroxyl groups is 1. The highest BCUT2D eigenvalue weighted by atomic mass is 16.5. The smallest absolute Gasteiger partial charge is 0.230 e. The first-order chi connectivity index (χ1) is 9.33. The van der Waals surface area contributed by atoms with Gasteiger partial charge in [-0.05, 0) is 24.6 Å². The van der Waals surface area contributed by atoms with E-state index in [2.05, 4.69) is 4.98 Å². The SMILES string of the molecule is COc1c2ccccc2nc2oc(CCCO)cc12. The number of furan rings is 1. The van der Waals surface area contributed by atoms with Crippen LogP contribution in [0.5, 0.6) is 5.75 Å². The molecule has 3 rings (SSSR count). The fourth-order valence-electron chi connectivity index (χ4n) is 2.29. The molecule has 0 radical (unpaired) electrons. The number of aromatic nitrogens is 1. The number of aliphatic hydroxyl groups excluding tert-OH is 1. The lowest BCUT2D eigenvalue weighted by molar-refractivity contribution is 0.285. The third kappa shape index (κ3) is 2.04. The Hall–Kier alpha value is -2.07. The number of para-hydroxylation sites is 1. The minimum absolute atomic E-state index is 0.156. The van der Waals surface area contributed by atoms with Gasteiger partial charge in [0.2, 0.25) is 5.71 Å². The van der Waals surface area contributed by atoms with Crippen molar-refractivity contribution in [1.29, 1.82) is 0 Å². The first kappa shape index (κ1) is 12.0. The molecular weight excluding hydrogens is 242 g/mol. The molecule has 0 aliphatic rings. The van der Waals surface area contributed by atoms with Crippen LogP contribution in [0.25, 0.3) is 22.0 Å². The summed E-state index contributed by atoms with van der Waals surface area (Å²) in [5, 5.41) is 10.7. The summed E-state index contributed by atoms with van der Waals surface area (Å²) in [6.07, 6.45) is 1.38. The van der Waals surface area contributed by atoms with E-state index in [0.29, 0.717) is 18.6 Å². The van der Waals surface area contributed by atoms with Crippen molar-refractivity contribution < 1.29 is 14.3 Å². The molecule has 4 nitrogen and oxygen atoms in total. The lowest BCUT2D eigenvalue weighted by atomic mass is 10.1. The molecule has 1 aromatic carbocycles. The second-order valence-electron chi connectivity index (χ2n) is 4.42. The maximum atomic E-state index is 8.88. The molecule has 0 aliphatic carbocycles. The molecule has 0 aliphatic heterocycles. The van der Waals surface area contributed by atoms with Crippen molar-refractivity contribution in [3.05, 3.63) is 36.1 Å². The van der Waals surface area contributed by atoms with Gasteiger partial charge in [0.25, 0.3) is 0 Å². The monoisotopic (exact) mass is 257 g/mol. The Kier molecular flexibility index (Phi) is 3.09. The molecule has 1 N–H and O–H groups in total. The van der Waals surface area contributed by atoms with E-state index in [9.17, 15) is 0 Å². The fourth-order valence-corrected chi connectivity index (χ4v) is 2.29. The first-order valence-electron chi connectivity index (χ1n) is 6.29. The van der Waals surface area contributed by atoms with Crippen LogP contribution in [0, 0.1) is 0 Å². The molecule has 98 valence electrons. The van der Waals surface area contributed by atoms with Gasteiger partial charge in [-0.25, -0.2) is 4.98 Å². The summed E-state index contributed by atoms with van der Waals surface area (Å²) in [7, 11) is 1.65. The lowest BCUT2D eigenvalue weighted by Crippen LogP contribution is -1.88. The highest BCUT2D eigenvalue weighted by Crippen LogP contribution is 2.34. The summed E-state index contributed by atoms with van der Waals surface area (Å²) in [6.45, 7) is 0.156. The van der Waals surface area contributed by atoms with Gasteiger partial charge in [-0.15, -0.1) is 0 Å². The van der Waals surface area contributed by atoms with Crippen LogP contribution in [-0.4, -0.2) is 23.8 Å². The third-order valence-electron chi connectivity index (χ3n) is 3.16. The second kappa shape index (κ2) is 4.90. The molecule has 0 spiro atoms. The normalized spacial score (nSPS) is 11.3. The lowest BCUT2D eigenvalue weighted by Gasteiger charge is -2.05. The van der Waals surface area contributed by atoms with Crippen LogP contribution in [0.15, 0.2) is 34.7 Å². The average Bonchev–Trinajstić information content (AvgIpc) is 2.84. The molecule has 2 heterocycles. The van der Waals surface area contributed by atoms with Gasteiger partial charge in [0.05, 0.1) is 18.0 Å². The van der Waals surface area contributed by atoms with E-state index in [1.807, 2.05) is 30.3 Å². The average molecular weight is 257 g/mol. The number of aryl methyl sites for hydroxylation is 1. The minimum atomic E-state index is 0.156. The molecule has 0 amide bonds. The summed E-state index contributed by atoms with van der Waals surface area (Å²) in [5.74, 6) is 1.62. The van der Waals surface area contributed by atoms with Gasteiger partial charge in [-0.1, -0.05) is 12.1 Å². The van der Waals surface area contributed by atoms with Crippen LogP contribution >= 0.6 is 0 Å². The number of nitrogens with zero attached hydrogens (tertiary/aromatic N) is 1.